The molecule has 0 saturated heterocycles. The van der Waals surface area contributed by atoms with Crippen molar-refractivity contribution >= 4 is 5.97 Å². The summed E-state index contributed by atoms with van der Waals surface area (Å²) < 4.78 is 4.83. The molecular formula is C12H17NO2. The third kappa shape index (κ3) is 4.61. The molecule has 0 aliphatic carbocycles. The number of ether oxygens (including phenoxy) is 1. The highest BCUT2D eigenvalue weighted by molar-refractivity contribution is 5.70. The summed E-state index contributed by atoms with van der Waals surface area (Å²) in [6, 6.07) is 9.74. The molecule has 1 aromatic rings. The Morgan fingerprint density at radius 3 is 2.67 bits per heavy atom. The largest absolute Gasteiger partial charge is 0.466 e. The maximum absolute atomic E-state index is 11.1. The van der Waals surface area contributed by atoms with E-state index in [1.54, 1.807) is 6.92 Å². The van der Waals surface area contributed by atoms with Crippen molar-refractivity contribution < 1.29 is 9.53 Å². The molecule has 0 bridgehead atoms. The molecule has 1 aromatic carbocycles. The molecule has 0 spiro atoms. The number of nitrogens with two attached hydrogens (primary N) is 1. The van der Waals surface area contributed by atoms with Gasteiger partial charge in [-0.3, -0.25) is 4.79 Å². The van der Waals surface area contributed by atoms with Crippen LogP contribution in [0.3, 0.4) is 0 Å². The smallest absolute Gasteiger partial charge is 0.307 e. The molecule has 15 heavy (non-hydrogen) atoms. The molecule has 0 saturated carbocycles. The number of carbonyl (C=O) groups excluding carboxylic acids is 1. The molecular weight excluding hydrogens is 190 g/mol. The van der Waals surface area contributed by atoms with Gasteiger partial charge in [0.1, 0.15) is 0 Å². The van der Waals surface area contributed by atoms with Gasteiger partial charge in [-0.05, 0) is 18.9 Å². The van der Waals surface area contributed by atoms with Gasteiger partial charge in [-0.1, -0.05) is 30.3 Å². The van der Waals surface area contributed by atoms with E-state index in [-0.39, 0.29) is 18.4 Å². The van der Waals surface area contributed by atoms with Gasteiger partial charge in [0.2, 0.25) is 0 Å². The Kier molecular flexibility index (Phi) is 4.84. The lowest BCUT2D eigenvalue weighted by atomic mass is 10.0. The Hall–Kier alpha value is -1.35. The molecule has 0 fully saturated rings. The van der Waals surface area contributed by atoms with Gasteiger partial charge < -0.3 is 10.5 Å². The van der Waals surface area contributed by atoms with Crippen molar-refractivity contribution in [2.45, 2.75) is 25.8 Å². The lowest BCUT2D eigenvalue weighted by molar-refractivity contribution is -0.143. The number of rotatable bonds is 5. The molecule has 0 radical (unpaired) electrons. The van der Waals surface area contributed by atoms with E-state index in [2.05, 4.69) is 0 Å². The van der Waals surface area contributed by atoms with Gasteiger partial charge in [0.15, 0.2) is 0 Å². The average Bonchev–Trinajstić information content (AvgIpc) is 2.19. The Labute approximate surface area is 90.2 Å². The minimum Gasteiger partial charge on any atom is -0.466 e. The number of hydrogen-bond acceptors (Lipinski definition) is 3. The average molecular weight is 207 g/mol. The second kappa shape index (κ2) is 6.19. The fraction of sp³-hybridized carbons (Fsp3) is 0.417. The predicted molar refractivity (Wildman–Crippen MR) is 59.4 cm³/mol. The van der Waals surface area contributed by atoms with Crippen LogP contribution in [0.1, 0.15) is 18.9 Å². The summed E-state index contributed by atoms with van der Waals surface area (Å²) in [6.07, 6.45) is 0.988. The topological polar surface area (TPSA) is 52.3 Å². The van der Waals surface area contributed by atoms with E-state index in [1.165, 1.54) is 0 Å². The molecule has 0 aliphatic rings. The number of carbonyl (C=O) groups is 1. The van der Waals surface area contributed by atoms with Crippen molar-refractivity contribution in [1.82, 2.24) is 0 Å². The standard InChI is InChI=1S/C12H17NO2/c1-2-15-12(14)9-11(13)8-10-6-4-3-5-7-10/h3-7,11H,2,8-9,13H2,1H3. The van der Waals surface area contributed by atoms with Gasteiger partial charge in [0.05, 0.1) is 13.0 Å². The molecule has 0 heterocycles. The predicted octanol–water partition coefficient (Wildman–Crippen LogP) is 1.51. The molecule has 1 atom stereocenters. The van der Waals surface area contributed by atoms with Crippen molar-refractivity contribution in [2.24, 2.45) is 5.73 Å². The third-order valence-electron chi connectivity index (χ3n) is 2.07. The first-order valence-electron chi connectivity index (χ1n) is 5.17. The quantitative estimate of drug-likeness (QED) is 0.744. The van der Waals surface area contributed by atoms with Crippen LogP contribution in [0.4, 0.5) is 0 Å². The fourth-order valence-electron chi connectivity index (χ4n) is 1.42. The van der Waals surface area contributed by atoms with Crippen molar-refractivity contribution in [3.63, 3.8) is 0 Å². The zero-order valence-corrected chi connectivity index (χ0v) is 8.98. The number of benzene rings is 1. The second-order valence-corrected chi connectivity index (χ2v) is 3.46. The SMILES string of the molecule is CCOC(=O)CC(N)Cc1ccccc1. The molecule has 0 amide bonds. The number of hydrogen-bond donors (Lipinski definition) is 1. The molecule has 1 unspecified atom stereocenters. The number of esters is 1. The van der Waals surface area contributed by atoms with Gasteiger partial charge in [-0.2, -0.15) is 0 Å². The van der Waals surface area contributed by atoms with Crippen molar-refractivity contribution in [1.29, 1.82) is 0 Å². The Balaban J connectivity index is 2.36. The van der Waals surface area contributed by atoms with E-state index in [9.17, 15) is 4.79 Å². The van der Waals surface area contributed by atoms with E-state index >= 15 is 0 Å². The van der Waals surface area contributed by atoms with Crippen LogP contribution in [0.5, 0.6) is 0 Å². The van der Waals surface area contributed by atoms with Crippen LogP contribution in [0.15, 0.2) is 30.3 Å². The van der Waals surface area contributed by atoms with Crippen LogP contribution >= 0.6 is 0 Å². The first-order valence-corrected chi connectivity index (χ1v) is 5.17. The molecule has 1 rings (SSSR count). The summed E-state index contributed by atoms with van der Waals surface area (Å²) in [7, 11) is 0. The highest BCUT2D eigenvalue weighted by Crippen LogP contribution is 2.04. The van der Waals surface area contributed by atoms with Crippen molar-refractivity contribution in [3.8, 4) is 0 Å². The summed E-state index contributed by atoms with van der Waals surface area (Å²) in [6.45, 7) is 2.21. The monoisotopic (exact) mass is 207 g/mol. The van der Waals surface area contributed by atoms with Crippen molar-refractivity contribution in [3.05, 3.63) is 35.9 Å². The zero-order chi connectivity index (χ0) is 11.1. The fourth-order valence-corrected chi connectivity index (χ4v) is 1.42. The van der Waals surface area contributed by atoms with Gasteiger partial charge >= 0.3 is 5.97 Å². The normalized spacial score (nSPS) is 12.1. The van der Waals surface area contributed by atoms with Gasteiger partial charge in [-0.15, -0.1) is 0 Å². The highest BCUT2D eigenvalue weighted by atomic mass is 16.5. The third-order valence-corrected chi connectivity index (χ3v) is 2.07. The van der Waals surface area contributed by atoms with Crippen LogP contribution in [0.25, 0.3) is 0 Å². The summed E-state index contributed by atoms with van der Waals surface area (Å²) in [5.41, 5.74) is 6.98. The molecule has 0 aliphatic heterocycles. The van der Waals surface area contributed by atoms with Crippen LogP contribution in [0.2, 0.25) is 0 Å². The molecule has 82 valence electrons. The van der Waals surface area contributed by atoms with Crippen molar-refractivity contribution in [2.75, 3.05) is 6.61 Å². The lowest BCUT2D eigenvalue weighted by Crippen LogP contribution is -2.27. The Bertz CT molecular complexity index is 298. The van der Waals surface area contributed by atoms with Gasteiger partial charge in [-0.25, -0.2) is 0 Å². The Morgan fingerprint density at radius 2 is 2.07 bits per heavy atom. The Morgan fingerprint density at radius 1 is 1.40 bits per heavy atom. The molecule has 2 N–H and O–H groups in total. The first-order chi connectivity index (χ1) is 7.22. The summed E-state index contributed by atoms with van der Waals surface area (Å²) >= 11 is 0. The minimum atomic E-state index is -0.221. The molecule has 3 nitrogen and oxygen atoms in total. The van der Waals surface area contributed by atoms with Crippen LogP contribution in [-0.4, -0.2) is 18.6 Å². The highest BCUT2D eigenvalue weighted by Gasteiger charge is 2.10. The van der Waals surface area contributed by atoms with E-state index in [0.29, 0.717) is 13.0 Å². The van der Waals surface area contributed by atoms with E-state index in [0.717, 1.165) is 5.56 Å². The maximum Gasteiger partial charge on any atom is 0.307 e. The second-order valence-electron chi connectivity index (χ2n) is 3.46. The molecule has 0 aromatic heterocycles. The first kappa shape index (κ1) is 11.7. The van der Waals surface area contributed by atoms with Gasteiger partial charge in [0.25, 0.3) is 0 Å². The van der Waals surface area contributed by atoms with Gasteiger partial charge in [0, 0.05) is 6.04 Å². The van der Waals surface area contributed by atoms with E-state index in [4.69, 9.17) is 10.5 Å². The van der Waals surface area contributed by atoms with E-state index < -0.39 is 0 Å². The zero-order valence-electron chi connectivity index (χ0n) is 8.98. The summed E-state index contributed by atoms with van der Waals surface area (Å²) in [4.78, 5) is 11.1. The summed E-state index contributed by atoms with van der Waals surface area (Å²) in [5, 5.41) is 0. The van der Waals surface area contributed by atoms with Crippen LogP contribution < -0.4 is 5.73 Å². The maximum atomic E-state index is 11.1. The van der Waals surface area contributed by atoms with E-state index in [1.807, 2.05) is 30.3 Å². The molecule has 3 heteroatoms. The van der Waals surface area contributed by atoms with Crippen LogP contribution in [0, 0.1) is 0 Å². The van der Waals surface area contributed by atoms with Crippen LogP contribution in [-0.2, 0) is 16.0 Å². The lowest BCUT2D eigenvalue weighted by Gasteiger charge is -2.10. The minimum absolute atomic E-state index is 0.161. The summed E-state index contributed by atoms with van der Waals surface area (Å²) in [5.74, 6) is -0.221.